The highest BCUT2D eigenvalue weighted by Crippen LogP contribution is 2.36. The Morgan fingerprint density at radius 2 is 1.92 bits per heavy atom. The van der Waals surface area contributed by atoms with Crippen LogP contribution in [0, 0.1) is 0 Å². The molecule has 5 nitrogen and oxygen atoms in total. The number of methoxy groups -OCH3 is 1. The molecule has 6 heteroatoms. The molecule has 0 saturated carbocycles. The molecular formula is C20H30BNO4. The first-order valence-corrected chi connectivity index (χ1v) is 9.46. The third-order valence-electron chi connectivity index (χ3n) is 6.04. The zero-order chi connectivity index (χ0) is 19.1. The van der Waals surface area contributed by atoms with E-state index in [1.807, 2.05) is 50.8 Å². The molecule has 0 bridgehead atoms. The summed E-state index contributed by atoms with van der Waals surface area (Å²) in [6.07, 6.45) is 2.50. The molecule has 2 aliphatic heterocycles. The molecule has 3 rings (SSSR count). The monoisotopic (exact) mass is 359 g/mol. The summed E-state index contributed by atoms with van der Waals surface area (Å²) in [4.78, 5) is 14.7. The summed E-state index contributed by atoms with van der Waals surface area (Å²) in [7, 11) is 1.20. The lowest BCUT2D eigenvalue weighted by Gasteiger charge is -2.32. The largest absolute Gasteiger partial charge is 0.496 e. The molecule has 1 unspecified atom stereocenters. The van der Waals surface area contributed by atoms with Crippen molar-refractivity contribution in [3.63, 3.8) is 0 Å². The summed E-state index contributed by atoms with van der Waals surface area (Å²) >= 11 is 0. The summed E-state index contributed by atoms with van der Waals surface area (Å²) in [6.45, 7) is 11.1. The molecule has 0 radical (unpaired) electrons. The minimum atomic E-state index is -0.439. The van der Waals surface area contributed by atoms with Gasteiger partial charge in [-0.2, -0.15) is 0 Å². The fraction of sp³-hybridized carbons (Fsp3) is 0.650. The van der Waals surface area contributed by atoms with Gasteiger partial charge in [-0.1, -0.05) is 12.1 Å². The van der Waals surface area contributed by atoms with E-state index in [0.717, 1.165) is 36.2 Å². The Labute approximate surface area is 157 Å². The highest BCUT2D eigenvalue weighted by atomic mass is 16.7. The Kier molecular flexibility index (Phi) is 5.10. The molecule has 1 amide bonds. The predicted octanol–water partition coefficient (Wildman–Crippen LogP) is 2.55. The maximum atomic E-state index is 12.7. The molecule has 26 heavy (non-hydrogen) atoms. The molecule has 2 fully saturated rings. The molecule has 0 spiro atoms. The van der Waals surface area contributed by atoms with Gasteiger partial charge < -0.3 is 18.9 Å². The van der Waals surface area contributed by atoms with Crippen LogP contribution < -0.4 is 10.2 Å². The van der Waals surface area contributed by atoms with Crippen molar-refractivity contribution in [2.45, 2.75) is 71.1 Å². The van der Waals surface area contributed by atoms with Crippen molar-refractivity contribution in [3.8, 4) is 5.75 Å². The molecule has 2 heterocycles. The van der Waals surface area contributed by atoms with Gasteiger partial charge in [-0.05, 0) is 59.0 Å². The van der Waals surface area contributed by atoms with Crippen LogP contribution in [0.4, 0.5) is 0 Å². The van der Waals surface area contributed by atoms with Gasteiger partial charge in [-0.3, -0.25) is 4.79 Å². The normalized spacial score (nSPS) is 24.2. The average Bonchev–Trinajstić information content (AvgIpc) is 3.08. The van der Waals surface area contributed by atoms with Crippen molar-refractivity contribution in [1.82, 2.24) is 4.90 Å². The van der Waals surface area contributed by atoms with Crippen LogP contribution in [0.25, 0.3) is 0 Å². The van der Waals surface area contributed by atoms with Crippen molar-refractivity contribution in [3.05, 3.63) is 23.8 Å². The van der Waals surface area contributed by atoms with Gasteiger partial charge in [0.15, 0.2) is 0 Å². The fourth-order valence-corrected chi connectivity index (χ4v) is 3.63. The van der Waals surface area contributed by atoms with Crippen LogP contribution in [0.5, 0.6) is 5.75 Å². The van der Waals surface area contributed by atoms with Crippen LogP contribution in [-0.2, 0) is 20.5 Å². The smallest absolute Gasteiger partial charge is 0.494 e. The number of carbonyl (C=O) groups is 1. The van der Waals surface area contributed by atoms with Gasteiger partial charge in [0, 0.05) is 18.2 Å². The average molecular weight is 359 g/mol. The zero-order valence-corrected chi connectivity index (χ0v) is 16.8. The first-order valence-electron chi connectivity index (χ1n) is 9.46. The van der Waals surface area contributed by atoms with E-state index in [0.29, 0.717) is 12.5 Å². The van der Waals surface area contributed by atoms with Crippen molar-refractivity contribution in [2.24, 2.45) is 0 Å². The molecule has 142 valence electrons. The molecular weight excluding hydrogens is 329 g/mol. The molecule has 1 atom stereocenters. The maximum Gasteiger partial charge on any atom is 0.494 e. The molecule has 1 aromatic carbocycles. The number of carbonyl (C=O) groups excluding carboxylic acids is 1. The lowest BCUT2D eigenvalue weighted by Crippen LogP contribution is -2.41. The van der Waals surface area contributed by atoms with Gasteiger partial charge in [0.25, 0.3) is 0 Å². The molecule has 2 saturated heterocycles. The Balaban J connectivity index is 1.82. The highest BCUT2D eigenvalue weighted by Gasteiger charge is 2.51. The summed E-state index contributed by atoms with van der Waals surface area (Å²) in [5, 5.41) is 0. The highest BCUT2D eigenvalue weighted by molar-refractivity contribution is 6.62. The molecule has 0 N–H and O–H groups in total. The van der Waals surface area contributed by atoms with Crippen LogP contribution in [-0.4, -0.2) is 48.8 Å². The number of amides is 1. The van der Waals surface area contributed by atoms with Gasteiger partial charge in [0.05, 0.1) is 24.7 Å². The Morgan fingerprint density at radius 3 is 2.46 bits per heavy atom. The van der Waals surface area contributed by atoms with E-state index in [1.165, 1.54) is 0 Å². The van der Waals surface area contributed by atoms with Crippen LogP contribution in [0.1, 0.15) is 53.0 Å². The first kappa shape index (κ1) is 19.2. The molecule has 0 aliphatic carbocycles. The van der Waals surface area contributed by atoms with E-state index >= 15 is 0 Å². The van der Waals surface area contributed by atoms with Crippen molar-refractivity contribution in [2.75, 3.05) is 13.7 Å². The minimum Gasteiger partial charge on any atom is -0.496 e. The van der Waals surface area contributed by atoms with Gasteiger partial charge >= 0.3 is 7.12 Å². The summed E-state index contributed by atoms with van der Waals surface area (Å²) in [5.41, 5.74) is 1.02. The topological polar surface area (TPSA) is 48.0 Å². The summed E-state index contributed by atoms with van der Waals surface area (Å²) < 4.78 is 17.8. The van der Waals surface area contributed by atoms with Gasteiger partial charge in [-0.25, -0.2) is 0 Å². The maximum absolute atomic E-state index is 12.7. The SMILES string of the molecule is COc1ccc(B2OC(C)(C)C(C)(C)O2)cc1CC(=O)N1CCCC1C. The molecule has 0 aromatic heterocycles. The third kappa shape index (κ3) is 3.49. The van der Waals surface area contributed by atoms with Crippen molar-refractivity contribution >= 4 is 18.5 Å². The van der Waals surface area contributed by atoms with Crippen LogP contribution in [0.2, 0.25) is 0 Å². The Morgan fingerprint density at radius 1 is 1.27 bits per heavy atom. The lowest BCUT2D eigenvalue weighted by molar-refractivity contribution is -0.131. The van der Waals surface area contributed by atoms with E-state index in [1.54, 1.807) is 7.11 Å². The fourth-order valence-electron chi connectivity index (χ4n) is 3.63. The van der Waals surface area contributed by atoms with Crippen molar-refractivity contribution < 1.29 is 18.8 Å². The lowest BCUT2D eigenvalue weighted by atomic mass is 9.78. The van der Waals surface area contributed by atoms with Crippen molar-refractivity contribution in [1.29, 1.82) is 0 Å². The number of hydrogen-bond acceptors (Lipinski definition) is 4. The number of likely N-dealkylation sites (tertiary alicyclic amines) is 1. The Bertz CT molecular complexity index is 672. The second-order valence-corrected chi connectivity index (χ2v) is 8.41. The number of nitrogens with zero attached hydrogens (tertiary/aromatic N) is 1. The van der Waals surface area contributed by atoms with Gasteiger partial charge in [0.2, 0.25) is 5.91 Å². The van der Waals surface area contributed by atoms with E-state index in [4.69, 9.17) is 14.0 Å². The number of hydrogen-bond donors (Lipinski definition) is 0. The van der Waals surface area contributed by atoms with E-state index in [2.05, 4.69) is 6.92 Å². The zero-order valence-electron chi connectivity index (χ0n) is 16.8. The minimum absolute atomic E-state index is 0.152. The van der Waals surface area contributed by atoms with E-state index in [-0.39, 0.29) is 5.91 Å². The summed E-state index contributed by atoms with van der Waals surface area (Å²) in [6, 6.07) is 6.16. The van der Waals surface area contributed by atoms with E-state index < -0.39 is 18.3 Å². The first-order chi connectivity index (χ1) is 12.1. The second-order valence-electron chi connectivity index (χ2n) is 8.41. The third-order valence-corrected chi connectivity index (χ3v) is 6.04. The van der Waals surface area contributed by atoms with Gasteiger partial charge in [0.1, 0.15) is 5.75 Å². The Hall–Kier alpha value is -1.53. The van der Waals surface area contributed by atoms with Gasteiger partial charge in [-0.15, -0.1) is 0 Å². The quantitative estimate of drug-likeness (QED) is 0.776. The number of rotatable bonds is 4. The second kappa shape index (κ2) is 6.89. The predicted molar refractivity (Wildman–Crippen MR) is 103 cm³/mol. The van der Waals surface area contributed by atoms with Crippen LogP contribution in [0.15, 0.2) is 18.2 Å². The number of ether oxygens (including phenoxy) is 1. The van der Waals surface area contributed by atoms with Crippen LogP contribution in [0.3, 0.4) is 0 Å². The number of benzene rings is 1. The summed E-state index contributed by atoms with van der Waals surface area (Å²) in [5.74, 6) is 0.879. The standard InChI is InChI=1S/C20H30BNO4/c1-14-8-7-11-22(14)18(23)13-15-12-16(9-10-17(15)24-6)21-25-19(2,3)20(4,5)26-21/h9-10,12,14H,7-8,11,13H2,1-6H3. The molecule has 1 aromatic rings. The van der Waals surface area contributed by atoms with E-state index in [9.17, 15) is 4.79 Å². The molecule has 2 aliphatic rings. The van der Waals surface area contributed by atoms with Crippen LogP contribution >= 0.6 is 0 Å².